The highest BCUT2D eigenvalue weighted by atomic mass is 79.9. The van der Waals surface area contributed by atoms with E-state index in [1.54, 1.807) is 7.05 Å². The lowest BCUT2D eigenvalue weighted by Crippen LogP contribution is -2.43. The van der Waals surface area contributed by atoms with Gasteiger partial charge in [0.25, 0.3) is 5.91 Å². The van der Waals surface area contributed by atoms with Crippen LogP contribution in [0.5, 0.6) is 0 Å². The van der Waals surface area contributed by atoms with Crippen molar-refractivity contribution < 1.29 is 18.0 Å². The summed E-state index contributed by atoms with van der Waals surface area (Å²) in [6, 6.07) is 3.43. The monoisotopic (exact) mass is 365 g/mol. The van der Waals surface area contributed by atoms with Crippen LogP contribution in [0.4, 0.5) is 13.2 Å². The van der Waals surface area contributed by atoms with Crippen LogP contribution in [0, 0.1) is 5.41 Å². The van der Waals surface area contributed by atoms with Crippen LogP contribution in [0.15, 0.2) is 22.7 Å². The Morgan fingerprint density at radius 1 is 1.24 bits per heavy atom. The summed E-state index contributed by atoms with van der Waals surface area (Å²) in [7, 11) is 1.60. The maximum atomic E-state index is 12.9. The third-order valence-corrected chi connectivity index (χ3v) is 4.36. The molecule has 1 atom stereocenters. The first kappa shape index (κ1) is 18.0. The molecule has 2 nitrogen and oxygen atoms in total. The van der Waals surface area contributed by atoms with Crippen molar-refractivity contribution in [3.8, 4) is 0 Å². The average molecular weight is 366 g/mol. The Kier molecular flexibility index (Phi) is 5.13. The summed E-state index contributed by atoms with van der Waals surface area (Å²) in [6.45, 7) is 7.81. The van der Waals surface area contributed by atoms with Crippen LogP contribution in [0.25, 0.3) is 0 Å². The van der Waals surface area contributed by atoms with Crippen molar-refractivity contribution in [3.05, 3.63) is 33.8 Å². The molecule has 118 valence electrons. The van der Waals surface area contributed by atoms with Gasteiger partial charge in [-0.25, -0.2) is 0 Å². The van der Waals surface area contributed by atoms with E-state index in [2.05, 4.69) is 15.9 Å². The molecule has 0 aliphatic rings. The van der Waals surface area contributed by atoms with E-state index in [9.17, 15) is 18.0 Å². The van der Waals surface area contributed by atoms with Crippen molar-refractivity contribution in [1.29, 1.82) is 0 Å². The van der Waals surface area contributed by atoms with Gasteiger partial charge in [-0.05, 0) is 30.5 Å². The fourth-order valence-electron chi connectivity index (χ4n) is 1.84. The van der Waals surface area contributed by atoms with Gasteiger partial charge in [-0.1, -0.05) is 36.7 Å². The Morgan fingerprint density at radius 3 is 2.19 bits per heavy atom. The van der Waals surface area contributed by atoms with Gasteiger partial charge >= 0.3 is 6.18 Å². The first-order valence-electron chi connectivity index (χ1n) is 6.49. The molecule has 1 amide bonds. The molecule has 1 aromatic carbocycles. The van der Waals surface area contributed by atoms with Gasteiger partial charge in [-0.15, -0.1) is 0 Å². The topological polar surface area (TPSA) is 20.3 Å². The SMILES string of the molecule is CC(N(C)C(=O)c1ccc(Br)c(C(F)(F)F)c1)C(C)(C)C. The third-order valence-electron chi connectivity index (χ3n) is 3.67. The normalized spacial score (nSPS) is 14.0. The molecular formula is C15H19BrF3NO. The standard InChI is InChI=1S/C15H19BrF3NO/c1-9(14(2,3)4)20(5)13(21)10-6-7-12(16)11(8-10)15(17,18)19/h6-9H,1-5H3. The number of carbonyl (C=O) groups excluding carboxylic acids is 1. The van der Waals surface area contributed by atoms with E-state index in [4.69, 9.17) is 0 Å². The van der Waals surface area contributed by atoms with Gasteiger partial charge in [0.1, 0.15) is 0 Å². The van der Waals surface area contributed by atoms with E-state index in [1.165, 1.54) is 17.0 Å². The van der Waals surface area contributed by atoms with Crippen LogP contribution < -0.4 is 0 Å². The van der Waals surface area contributed by atoms with Gasteiger partial charge in [0.05, 0.1) is 5.56 Å². The Bertz CT molecular complexity index is 535. The lowest BCUT2D eigenvalue weighted by Gasteiger charge is -2.35. The maximum Gasteiger partial charge on any atom is 0.417 e. The smallest absolute Gasteiger partial charge is 0.338 e. The molecule has 0 spiro atoms. The number of hydrogen-bond acceptors (Lipinski definition) is 1. The Hall–Kier alpha value is -1.04. The minimum absolute atomic E-state index is 0.0316. The highest BCUT2D eigenvalue weighted by Gasteiger charge is 2.34. The second-order valence-electron chi connectivity index (χ2n) is 6.15. The van der Waals surface area contributed by atoms with Crippen molar-refractivity contribution in [1.82, 2.24) is 4.90 Å². The number of rotatable bonds is 2. The summed E-state index contributed by atoms with van der Waals surface area (Å²) < 4.78 is 38.6. The second kappa shape index (κ2) is 5.99. The fraction of sp³-hybridized carbons (Fsp3) is 0.533. The highest BCUT2D eigenvalue weighted by molar-refractivity contribution is 9.10. The number of alkyl halides is 3. The molecule has 0 N–H and O–H groups in total. The molecule has 0 saturated heterocycles. The zero-order valence-corrected chi connectivity index (χ0v) is 14.3. The molecule has 0 aliphatic heterocycles. The number of nitrogens with zero attached hydrogens (tertiary/aromatic N) is 1. The zero-order valence-electron chi connectivity index (χ0n) is 12.7. The van der Waals surface area contributed by atoms with Gasteiger partial charge in [-0.2, -0.15) is 13.2 Å². The van der Waals surface area contributed by atoms with Crippen molar-refractivity contribution >= 4 is 21.8 Å². The van der Waals surface area contributed by atoms with Crippen molar-refractivity contribution in [3.63, 3.8) is 0 Å². The number of benzene rings is 1. The van der Waals surface area contributed by atoms with E-state index < -0.39 is 17.6 Å². The van der Waals surface area contributed by atoms with Gasteiger partial charge in [0.2, 0.25) is 0 Å². The molecule has 0 heterocycles. The molecule has 1 unspecified atom stereocenters. The Balaban J connectivity index is 3.15. The van der Waals surface area contributed by atoms with Gasteiger partial charge in [0, 0.05) is 23.1 Å². The summed E-state index contributed by atoms with van der Waals surface area (Å²) in [5, 5.41) is 0. The molecule has 1 rings (SSSR count). The van der Waals surface area contributed by atoms with Crippen LogP contribution in [-0.2, 0) is 6.18 Å². The molecule has 0 aromatic heterocycles. The second-order valence-corrected chi connectivity index (χ2v) is 7.00. The van der Waals surface area contributed by atoms with Crippen LogP contribution in [0.3, 0.4) is 0 Å². The lowest BCUT2D eigenvalue weighted by atomic mass is 9.87. The van der Waals surface area contributed by atoms with Crippen LogP contribution in [0.2, 0.25) is 0 Å². The van der Waals surface area contributed by atoms with Crippen molar-refractivity contribution in [2.45, 2.75) is 39.9 Å². The molecule has 0 radical (unpaired) electrons. The summed E-state index contributed by atoms with van der Waals surface area (Å²) >= 11 is 2.87. The summed E-state index contributed by atoms with van der Waals surface area (Å²) in [6.07, 6.45) is -4.50. The molecule has 0 fully saturated rings. The molecule has 0 saturated carbocycles. The van der Waals surface area contributed by atoms with Crippen LogP contribution in [0.1, 0.15) is 43.6 Å². The summed E-state index contributed by atoms with van der Waals surface area (Å²) in [4.78, 5) is 13.8. The summed E-state index contributed by atoms with van der Waals surface area (Å²) in [5.74, 6) is -0.421. The molecular weight excluding hydrogens is 347 g/mol. The van der Waals surface area contributed by atoms with E-state index in [1.807, 2.05) is 27.7 Å². The summed E-state index contributed by atoms with van der Waals surface area (Å²) in [5.41, 5.74) is -0.971. The first-order valence-corrected chi connectivity index (χ1v) is 7.29. The van der Waals surface area contributed by atoms with Crippen LogP contribution in [-0.4, -0.2) is 23.9 Å². The first-order chi connectivity index (χ1) is 9.35. The van der Waals surface area contributed by atoms with Crippen molar-refractivity contribution in [2.75, 3.05) is 7.05 Å². The predicted octanol–water partition coefficient (Wildman–Crippen LogP) is 4.97. The molecule has 1 aromatic rings. The van der Waals surface area contributed by atoms with E-state index >= 15 is 0 Å². The van der Waals surface area contributed by atoms with Crippen LogP contribution >= 0.6 is 15.9 Å². The van der Waals surface area contributed by atoms with E-state index in [-0.39, 0.29) is 21.5 Å². The van der Waals surface area contributed by atoms with Crippen molar-refractivity contribution in [2.24, 2.45) is 5.41 Å². The van der Waals surface area contributed by atoms with Gasteiger partial charge < -0.3 is 4.90 Å². The highest BCUT2D eigenvalue weighted by Crippen LogP contribution is 2.35. The predicted molar refractivity (Wildman–Crippen MR) is 80.2 cm³/mol. The number of halogens is 4. The number of hydrogen-bond donors (Lipinski definition) is 0. The van der Waals surface area contributed by atoms with E-state index in [0.717, 1.165) is 6.07 Å². The van der Waals surface area contributed by atoms with Gasteiger partial charge in [0.15, 0.2) is 0 Å². The quantitative estimate of drug-likeness (QED) is 0.723. The van der Waals surface area contributed by atoms with E-state index in [0.29, 0.717) is 0 Å². The minimum Gasteiger partial charge on any atom is -0.338 e. The molecule has 0 aliphatic carbocycles. The third kappa shape index (κ3) is 4.22. The fourth-order valence-corrected chi connectivity index (χ4v) is 2.31. The Morgan fingerprint density at radius 2 is 1.76 bits per heavy atom. The maximum absolute atomic E-state index is 12.9. The van der Waals surface area contributed by atoms with Gasteiger partial charge in [-0.3, -0.25) is 4.79 Å². The average Bonchev–Trinajstić information content (AvgIpc) is 2.34. The largest absolute Gasteiger partial charge is 0.417 e. The molecule has 0 bridgehead atoms. The Labute approximate surface area is 131 Å². The minimum atomic E-state index is -4.50. The lowest BCUT2D eigenvalue weighted by molar-refractivity contribution is -0.138. The zero-order chi connectivity index (χ0) is 16.6. The number of carbonyl (C=O) groups is 1. The molecule has 6 heteroatoms. The molecule has 21 heavy (non-hydrogen) atoms. The number of amides is 1.